The second-order valence-electron chi connectivity index (χ2n) is 7.95. The molecule has 1 amide bonds. The molecule has 0 bridgehead atoms. The van der Waals surface area contributed by atoms with Gasteiger partial charge in [-0.05, 0) is 47.9 Å². The molecule has 9 nitrogen and oxygen atoms in total. The Labute approximate surface area is 189 Å². The van der Waals surface area contributed by atoms with Crippen molar-refractivity contribution in [3.05, 3.63) is 76.1 Å². The van der Waals surface area contributed by atoms with Crippen LogP contribution < -0.4 is 15.6 Å². The monoisotopic (exact) mass is 445 g/mol. The molecule has 0 saturated carbocycles. The SMILES string of the molecule is COCCNC(=O)c1ccc2c(c1)CC(c1nc3ccc(-c4cn[nH]c4)cc3c(=O)[nH]1)CO2. The number of fused-ring (bicyclic) bond motifs is 2. The fourth-order valence-electron chi connectivity index (χ4n) is 4.02. The lowest BCUT2D eigenvalue weighted by Crippen LogP contribution is -2.28. The van der Waals surface area contributed by atoms with Crippen LogP contribution in [-0.4, -0.2) is 52.9 Å². The van der Waals surface area contributed by atoms with Crippen LogP contribution in [-0.2, 0) is 11.2 Å². The Hall–Kier alpha value is -3.98. The molecule has 2 aromatic carbocycles. The van der Waals surface area contributed by atoms with E-state index in [1.54, 1.807) is 25.6 Å². The number of nitrogens with zero attached hydrogens (tertiary/aromatic N) is 2. The van der Waals surface area contributed by atoms with Crippen LogP contribution >= 0.6 is 0 Å². The number of rotatable bonds is 6. The van der Waals surface area contributed by atoms with Gasteiger partial charge in [0.25, 0.3) is 11.5 Å². The number of ether oxygens (including phenoxy) is 2. The standard InChI is InChI=1S/C24H23N5O4/c1-32-7-6-25-23(30)15-3-5-21-16(8-15)9-17(13-33-21)22-28-20-4-2-14(18-11-26-27-12-18)10-19(20)24(31)29-22/h2-5,8,10-12,17H,6-7,9,13H2,1H3,(H,25,30)(H,26,27)(H,28,29,31). The molecule has 1 atom stereocenters. The summed E-state index contributed by atoms with van der Waals surface area (Å²) in [5.74, 6) is 1.02. The van der Waals surface area contributed by atoms with Gasteiger partial charge in [0.2, 0.25) is 0 Å². The highest BCUT2D eigenvalue weighted by atomic mass is 16.5. The fourth-order valence-corrected chi connectivity index (χ4v) is 4.02. The van der Waals surface area contributed by atoms with Gasteiger partial charge < -0.3 is 19.8 Å². The van der Waals surface area contributed by atoms with Crippen LogP contribution in [0.1, 0.15) is 27.7 Å². The first-order valence-electron chi connectivity index (χ1n) is 10.7. The maximum absolute atomic E-state index is 12.9. The Kier molecular flexibility index (Phi) is 5.62. The van der Waals surface area contributed by atoms with E-state index in [9.17, 15) is 9.59 Å². The number of hydrogen-bond donors (Lipinski definition) is 3. The van der Waals surface area contributed by atoms with Gasteiger partial charge in [0.15, 0.2) is 0 Å². The molecule has 33 heavy (non-hydrogen) atoms. The third kappa shape index (κ3) is 4.22. The summed E-state index contributed by atoms with van der Waals surface area (Å²) >= 11 is 0. The quantitative estimate of drug-likeness (QED) is 0.392. The normalized spacial score (nSPS) is 15.1. The molecule has 5 rings (SSSR count). The molecule has 2 aromatic heterocycles. The summed E-state index contributed by atoms with van der Waals surface area (Å²) in [4.78, 5) is 32.9. The molecule has 1 aliphatic heterocycles. The number of aromatic nitrogens is 4. The second-order valence-corrected chi connectivity index (χ2v) is 7.95. The number of nitrogens with one attached hydrogen (secondary N) is 3. The van der Waals surface area contributed by atoms with Gasteiger partial charge >= 0.3 is 0 Å². The van der Waals surface area contributed by atoms with E-state index in [2.05, 4.69) is 20.5 Å². The molecule has 168 valence electrons. The van der Waals surface area contributed by atoms with Gasteiger partial charge in [0.1, 0.15) is 11.6 Å². The zero-order valence-electron chi connectivity index (χ0n) is 18.1. The van der Waals surface area contributed by atoms with Crippen molar-refractivity contribution in [1.29, 1.82) is 0 Å². The van der Waals surface area contributed by atoms with E-state index in [0.717, 1.165) is 22.4 Å². The number of methoxy groups -OCH3 is 1. The molecule has 0 radical (unpaired) electrons. The molecule has 0 aliphatic carbocycles. The Morgan fingerprint density at radius 1 is 1.24 bits per heavy atom. The molecule has 1 aliphatic rings. The lowest BCUT2D eigenvalue weighted by atomic mass is 9.94. The van der Waals surface area contributed by atoms with Crippen molar-refractivity contribution in [3.8, 4) is 16.9 Å². The smallest absolute Gasteiger partial charge is 0.258 e. The van der Waals surface area contributed by atoms with E-state index in [0.29, 0.717) is 48.5 Å². The Morgan fingerprint density at radius 3 is 2.97 bits per heavy atom. The minimum absolute atomic E-state index is 0.130. The summed E-state index contributed by atoms with van der Waals surface area (Å²) in [6.45, 7) is 1.29. The van der Waals surface area contributed by atoms with E-state index < -0.39 is 0 Å². The summed E-state index contributed by atoms with van der Waals surface area (Å²) in [7, 11) is 1.59. The van der Waals surface area contributed by atoms with Crippen molar-refractivity contribution in [2.24, 2.45) is 0 Å². The van der Waals surface area contributed by atoms with Crippen molar-refractivity contribution in [2.75, 3.05) is 26.9 Å². The molecule has 3 heterocycles. The van der Waals surface area contributed by atoms with Crippen LogP contribution in [0.5, 0.6) is 5.75 Å². The Bertz CT molecular complexity index is 1360. The Balaban J connectivity index is 1.40. The number of hydrogen-bond acceptors (Lipinski definition) is 6. The first kappa shape index (κ1) is 20.9. The molecule has 1 unspecified atom stereocenters. The largest absolute Gasteiger partial charge is 0.493 e. The van der Waals surface area contributed by atoms with Crippen molar-refractivity contribution >= 4 is 16.8 Å². The number of amides is 1. The highest BCUT2D eigenvalue weighted by Gasteiger charge is 2.25. The van der Waals surface area contributed by atoms with E-state index in [-0.39, 0.29) is 17.4 Å². The maximum Gasteiger partial charge on any atom is 0.258 e. The van der Waals surface area contributed by atoms with Crippen LogP contribution in [0.15, 0.2) is 53.6 Å². The minimum atomic E-state index is -0.197. The lowest BCUT2D eigenvalue weighted by molar-refractivity contribution is 0.0937. The number of benzene rings is 2. The third-order valence-corrected chi connectivity index (χ3v) is 5.76. The van der Waals surface area contributed by atoms with E-state index in [1.807, 2.05) is 30.3 Å². The highest BCUT2D eigenvalue weighted by molar-refractivity contribution is 5.94. The molecule has 0 saturated heterocycles. The lowest BCUT2D eigenvalue weighted by Gasteiger charge is -2.25. The third-order valence-electron chi connectivity index (χ3n) is 5.76. The first-order chi connectivity index (χ1) is 16.1. The summed E-state index contributed by atoms with van der Waals surface area (Å²) in [6.07, 6.45) is 4.09. The van der Waals surface area contributed by atoms with Crippen LogP contribution in [0.4, 0.5) is 0 Å². The van der Waals surface area contributed by atoms with E-state index in [1.165, 1.54) is 0 Å². The zero-order valence-corrected chi connectivity index (χ0v) is 18.1. The first-order valence-corrected chi connectivity index (χ1v) is 10.7. The number of carbonyl (C=O) groups is 1. The van der Waals surface area contributed by atoms with Gasteiger partial charge in [-0.2, -0.15) is 5.10 Å². The van der Waals surface area contributed by atoms with Gasteiger partial charge in [0, 0.05) is 31.0 Å². The van der Waals surface area contributed by atoms with Crippen LogP contribution in [0.2, 0.25) is 0 Å². The summed E-state index contributed by atoms with van der Waals surface area (Å²) in [5.41, 5.74) is 3.68. The molecule has 9 heteroatoms. The van der Waals surface area contributed by atoms with Gasteiger partial charge in [-0.1, -0.05) is 6.07 Å². The van der Waals surface area contributed by atoms with Crippen molar-refractivity contribution in [2.45, 2.75) is 12.3 Å². The number of H-pyrrole nitrogens is 2. The topological polar surface area (TPSA) is 122 Å². The number of aromatic amines is 2. The van der Waals surface area contributed by atoms with Crippen molar-refractivity contribution < 1.29 is 14.3 Å². The highest BCUT2D eigenvalue weighted by Crippen LogP contribution is 2.32. The van der Waals surface area contributed by atoms with Crippen molar-refractivity contribution in [1.82, 2.24) is 25.5 Å². The molecule has 3 N–H and O–H groups in total. The van der Waals surface area contributed by atoms with E-state index >= 15 is 0 Å². The summed E-state index contributed by atoms with van der Waals surface area (Å²) in [5, 5.41) is 10.1. The van der Waals surface area contributed by atoms with Gasteiger partial charge in [-0.3, -0.25) is 14.7 Å². The van der Waals surface area contributed by atoms with Crippen LogP contribution in [0.25, 0.3) is 22.0 Å². The number of carbonyl (C=O) groups excluding carboxylic acids is 1. The van der Waals surface area contributed by atoms with Gasteiger partial charge in [0.05, 0.1) is 36.2 Å². The van der Waals surface area contributed by atoms with E-state index in [4.69, 9.17) is 14.5 Å². The summed E-state index contributed by atoms with van der Waals surface area (Å²) in [6, 6.07) is 11.0. The second kappa shape index (κ2) is 8.87. The zero-order chi connectivity index (χ0) is 22.8. The minimum Gasteiger partial charge on any atom is -0.493 e. The molecule has 0 spiro atoms. The molecule has 0 fully saturated rings. The van der Waals surface area contributed by atoms with Crippen molar-refractivity contribution in [3.63, 3.8) is 0 Å². The predicted octanol–water partition coefficient (Wildman–Crippen LogP) is 2.41. The van der Waals surface area contributed by atoms with Gasteiger partial charge in [-0.15, -0.1) is 0 Å². The van der Waals surface area contributed by atoms with Crippen LogP contribution in [0.3, 0.4) is 0 Å². The fraction of sp³-hybridized carbons (Fsp3) is 0.250. The van der Waals surface area contributed by atoms with Gasteiger partial charge in [-0.25, -0.2) is 4.98 Å². The predicted molar refractivity (Wildman–Crippen MR) is 123 cm³/mol. The summed E-state index contributed by atoms with van der Waals surface area (Å²) < 4.78 is 10.9. The van der Waals surface area contributed by atoms with Crippen LogP contribution in [0, 0.1) is 0 Å². The maximum atomic E-state index is 12.9. The average Bonchev–Trinajstić information content (AvgIpc) is 3.38. The molecular weight excluding hydrogens is 422 g/mol. The Morgan fingerprint density at radius 2 is 2.15 bits per heavy atom. The average molecular weight is 445 g/mol. The molecule has 4 aromatic rings. The molecular formula is C24H23N5O4.